The zero-order valence-corrected chi connectivity index (χ0v) is 29.2. The van der Waals surface area contributed by atoms with E-state index in [2.05, 4.69) is 16.0 Å². The van der Waals surface area contributed by atoms with Crippen molar-refractivity contribution in [3.63, 3.8) is 0 Å². The molecular weight excluding hydrogens is 675 g/mol. The van der Waals surface area contributed by atoms with Crippen molar-refractivity contribution in [1.29, 1.82) is 0 Å². The predicted octanol–water partition coefficient (Wildman–Crippen LogP) is 8.85. The highest BCUT2D eigenvalue weighted by molar-refractivity contribution is 8.00. The molecule has 0 unspecified atom stereocenters. The number of benzene rings is 5. The molecule has 6 rings (SSSR count). The molecule has 0 saturated carbocycles. The molecule has 9 nitrogen and oxygen atoms in total. The second-order valence-electron chi connectivity index (χ2n) is 11.4. The average molecular weight is 710 g/mol. The lowest BCUT2D eigenvalue weighted by atomic mass is 10.1. The molecule has 0 radical (unpaired) electrons. The van der Waals surface area contributed by atoms with E-state index in [-0.39, 0.29) is 11.6 Å². The van der Waals surface area contributed by atoms with E-state index in [1.54, 1.807) is 80.9 Å². The first-order valence-corrected chi connectivity index (χ1v) is 17.2. The number of thioether (sulfide) groups is 1. The van der Waals surface area contributed by atoms with E-state index in [9.17, 15) is 14.4 Å². The van der Waals surface area contributed by atoms with E-state index >= 15 is 0 Å². The van der Waals surface area contributed by atoms with Gasteiger partial charge in [-0.05, 0) is 78.4 Å². The molecule has 0 bridgehead atoms. The summed E-state index contributed by atoms with van der Waals surface area (Å²) in [5.41, 5.74) is 3.06. The molecule has 52 heavy (non-hydrogen) atoms. The maximum Gasteiger partial charge on any atom is 0.272 e. The Morgan fingerprint density at radius 2 is 1.40 bits per heavy atom. The summed E-state index contributed by atoms with van der Waals surface area (Å²) in [4.78, 5) is 41.2. The highest BCUT2D eigenvalue weighted by Crippen LogP contribution is 2.37. The lowest BCUT2D eigenvalue weighted by Gasteiger charge is -2.18. The number of anilines is 2. The Bertz CT molecular complexity index is 2180. The average Bonchev–Trinajstić information content (AvgIpc) is 3.66. The number of hydrogen-bond donors (Lipinski definition) is 3. The number of carbonyl (C=O) groups excluding carboxylic acids is 3. The zero-order valence-electron chi connectivity index (χ0n) is 28.4. The number of furan rings is 1. The van der Waals surface area contributed by atoms with Gasteiger partial charge in [-0.3, -0.25) is 14.4 Å². The minimum Gasteiger partial charge on any atom is -0.497 e. The van der Waals surface area contributed by atoms with Gasteiger partial charge in [-0.1, -0.05) is 66.7 Å². The molecule has 10 heteroatoms. The second-order valence-corrected chi connectivity index (χ2v) is 12.6. The Labute approximate surface area is 305 Å². The first-order valence-electron chi connectivity index (χ1n) is 16.3. The summed E-state index contributed by atoms with van der Waals surface area (Å²) in [6.07, 6.45) is 1.48. The van der Waals surface area contributed by atoms with Gasteiger partial charge in [0, 0.05) is 34.0 Å². The topological polar surface area (TPSA) is 119 Å². The van der Waals surface area contributed by atoms with Crippen LogP contribution in [0.2, 0.25) is 0 Å². The van der Waals surface area contributed by atoms with E-state index in [0.717, 1.165) is 16.0 Å². The van der Waals surface area contributed by atoms with Gasteiger partial charge in [0.05, 0.1) is 19.8 Å². The van der Waals surface area contributed by atoms with Gasteiger partial charge in [-0.2, -0.15) is 0 Å². The molecule has 0 fully saturated rings. The molecule has 0 aliphatic heterocycles. The van der Waals surface area contributed by atoms with Crippen molar-refractivity contribution in [2.24, 2.45) is 0 Å². The van der Waals surface area contributed by atoms with E-state index in [1.165, 1.54) is 17.8 Å². The summed E-state index contributed by atoms with van der Waals surface area (Å²) in [6.45, 7) is 0. The minimum absolute atomic E-state index is 0.0217. The maximum absolute atomic E-state index is 13.7. The van der Waals surface area contributed by atoms with Crippen LogP contribution in [-0.2, 0) is 9.59 Å². The number of ether oxygens (including phenoxy) is 2. The fourth-order valence-electron chi connectivity index (χ4n) is 5.27. The van der Waals surface area contributed by atoms with Crippen LogP contribution in [0.15, 0.2) is 161 Å². The molecule has 3 amide bonds. The summed E-state index contributed by atoms with van der Waals surface area (Å²) in [7, 11) is 3.16. The van der Waals surface area contributed by atoms with Crippen LogP contribution in [0.3, 0.4) is 0 Å². The molecule has 1 atom stereocenters. The Hall–Kier alpha value is -6.52. The van der Waals surface area contributed by atoms with E-state index in [0.29, 0.717) is 40.0 Å². The van der Waals surface area contributed by atoms with Crippen molar-refractivity contribution in [3.8, 4) is 22.8 Å². The summed E-state index contributed by atoms with van der Waals surface area (Å²) < 4.78 is 16.8. The van der Waals surface area contributed by atoms with Gasteiger partial charge < -0.3 is 29.8 Å². The standard InChI is InChI=1S/C42H35N3O6S/c1-49-32-17-11-16-31(26-32)44-42(48)39(28-12-5-3-6-13-28)52-34-23-20-30(21-24-34)43-41(47)36(45-40(46)29-14-7-4-8-15-29)27-33-22-25-38(51-33)35-18-9-10-19-37(35)50-2/h3-27,39H,1-2H3,(H,43,47)(H,44,48)(H,45,46)/b36-27+/t39-/m0/s1. The molecule has 5 aromatic carbocycles. The molecule has 3 N–H and O–H groups in total. The monoisotopic (exact) mass is 709 g/mol. The maximum atomic E-state index is 13.7. The number of rotatable bonds is 13. The number of hydrogen-bond acceptors (Lipinski definition) is 7. The summed E-state index contributed by atoms with van der Waals surface area (Å²) in [5.74, 6) is 0.958. The van der Waals surface area contributed by atoms with Gasteiger partial charge in [0.15, 0.2) is 0 Å². The summed E-state index contributed by atoms with van der Waals surface area (Å²) >= 11 is 1.38. The fraction of sp³-hybridized carbons (Fsp3) is 0.0714. The Balaban J connectivity index is 1.21. The second kappa shape index (κ2) is 16.9. The third-order valence-electron chi connectivity index (χ3n) is 7.86. The molecular formula is C42H35N3O6S. The molecule has 0 aliphatic carbocycles. The number of methoxy groups -OCH3 is 2. The first-order chi connectivity index (χ1) is 25.4. The van der Waals surface area contributed by atoms with E-state index in [1.807, 2.05) is 78.9 Å². The molecule has 0 aliphatic rings. The van der Waals surface area contributed by atoms with Crippen LogP contribution in [0.25, 0.3) is 17.4 Å². The molecule has 1 heterocycles. The van der Waals surface area contributed by atoms with Gasteiger partial charge in [0.25, 0.3) is 11.8 Å². The number of carbonyl (C=O) groups is 3. The van der Waals surface area contributed by atoms with Crippen LogP contribution in [0.1, 0.15) is 26.9 Å². The van der Waals surface area contributed by atoms with Gasteiger partial charge in [-0.15, -0.1) is 11.8 Å². The smallest absolute Gasteiger partial charge is 0.272 e. The van der Waals surface area contributed by atoms with Gasteiger partial charge in [0.2, 0.25) is 5.91 Å². The Morgan fingerprint density at radius 1 is 0.692 bits per heavy atom. The third kappa shape index (κ3) is 8.98. The Kier molecular flexibility index (Phi) is 11.5. The minimum atomic E-state index is -0.565. The van der Waals surface area contributed by atoms with E-state index in [4.69, 9.17) is 13.9 Å². The number of nitrogens with one attached hydrogen (secondary N) is 3. The largest absolute Gasteiger partial charge is 0.497 e. The fourth-order valence-corrected chi connectivity index (χ4v) is 6.29. The molecule has 1 aromatic heterocycles. The highest BCUT2D eigenvalue weighted by atomic mass is 32.2. The number of para-hydroxylation sites is 1. The van der Waals surface area contributed by atoms with Crippen LogP contribution in [0, 0.1) is 0 Å². The summed E-state index contributed by atoms with van der Waals surface area (Å²) in [6, 6.07) is 43.4. The van der Waals surface area contributed by atoms with Crippen molar-refractivity contribution in [1.82, 2.24) is 5.32 Å². The lowest BCUT2D eigenvalue weighted by molar-refractivity contribution is -0.116. The van der Waals surface area contributed by atoms with Gasteiger partial charge >= 0.3 is 0 Å². The van der Waals surface area contributed by atoms with Gasteiger partial charge in [-0.25, -0.2) is 0 Å². The van der Waals surface area contributed by atoms with Crippen molar-refractivity contribution < 1.29 is 28.3 Å². The van der Waals surface area contributed by atoms with Crippen molar-refractivity contribution >= 4 is 46.9 Å². The van der Waals surface area contributed by atoms with Gasteiger partial charge in [0.1, 0.15) is 34.0 Å². The Morgan fingerprint density at radius 3 is 2.13 bits per heavy atom. The van der Waals surface area contributed by atoms with Crippen LogP contribution >= 0.6 is 11.8 Å². The molecule has 0 spiro atoms. The van der Waals surface area contributed by atoms with E-state index < -0.39 is 17.1 Å². The molecule has 6 aromatic rings. The van der Waals surface area contributed by atoms with Crippen molar-refractivity contribution in [2.75, 3.05) is 24.9 Å². The third-order valence-corrected chi connectivity index (χ3v) is 9.12. The molecule has 260 valence electrons. The highest BCUT2D eigenvalue weighted by Gasteiger charge is 2.23. The summed E-state index contributed by atoms with van der Waals surface area (Å²) in [5, 5.41) is 8.04. The lowest BCUT2D eigenvalue weighted by Crippen LogP contribution is -2.30. The zero-order chi connectivity index (χ0) is 36.3. The number of amides is 3. The van der Waals surface area contributed by atoms with Crippen LogP contribution in [0.4, 0.5) is 11.4 Å². The first kappa shape index (κ1) is 35.3. The van der Waals surface area contributed by atoms with Crippen molar-refractivity contribution in [2.45, 2.75) is 10.1 Å². The SMILES string of the molecule is COc1cccc(NC(=O)[C@@H](Sc2ccc(NC(=O)/C(=C\c3ccc(-c4ccccc4OC)o3)NC(=O)c3ccccc3)cc2)c2ccccc2)c1. The quantitative estimate of drug-likeness (QED) is 0.0810. The molecule has 0 saturated heterocycles. The van der Waals surface area contributed by atoms with Crippen LogP contribution in [-0.4, -0.2) is 31.9 Å². The normalized spacial score (nSPS) is 11.6. The predicted molar refractivity (Wildman–Crippen MR) is 204 cm³/mol. The van der Waals surface area contributed by atoms with Crippen LogP contribution < -0.4 is 25.4 Å². The van der Waals surface area contributed by atoms with Crippen molar-refractivity contribution in [3.05, 3.63) is 168 Å². The van der Waals surface area contributed by atoms with Crippen LogP contribution in [0.5, 0.6) is 11.5 Å².